The summed E-state index contributed by atoms with van der Waals surface area (Å²) in [7, 11) is -3.60. The molecular formula is C19H22ClNO4S. The zero-order valence-corrected chi connectivity index (χ0v) is 16.5. The molecule has 5 nitrogen and oxygen atoms in total. The molecule has 0 spiro atoms. The van der Waals surface area contributed by atoms with Gasteiger partial charge < -0.3 is 9.08 Å². The Labute approximate surface area is 159 Å². The van der Waals surface area contributed by atoms with Crippen LogP contribution in [0.15, 0.2) is 48.5 Å². The Hall–Kier alpha value is -2.05. The topological polar surface area (TPSA) is 63.7 Å². The Bertz CT molecular complexity index is 881. The fourth-order valence-electron chi connectivity index (χ4n) is 2.38. The van der Waals surface area contributed by atoms with Crippen molar-refractivity contribution in [3.8, 4) is 5.75 Å². The van der Waals surface area contributed by atoms with Crippen molar-refractivity contribution in [3.05, 3.63) is 64.7 Å². The second kappa shape index (κ2) is 8.56. The van der Waals surface area contributed by atoms with Crippen molar-refractivity contribution in [1.29, 1.82) is 0 Å². The minimum absolute atomic E-state index is 0.0669. The normalized spacial score (nSPS) is 11.4. The third kappa shape index (κ3) is 5.22. The van der Waals surface area contributed by atoms with Gasteiger partial charge in [0.2, 0.25) is 0 Å². The number of benzene rings is 2. The third-order valence-electron chi connectivity index (χ3n) is 3.82. The van der Waals surface area contributed by atoms with Crippen LogP contribution < -0.4 is 4.18 Å². The fourth-order valence-corrected chi connectivity index (χ4v) is 3.11. The van der Waals surface area contributed by atoms with Crippen LogP contribution in [0.5, 0.6) is 5.75 Å². The van der Waals surface area contributed by atoms with Gasteiger partial charge in [-0.25, -0.2) is 0 Å². The van der Waals surface area contributed by atoms with Crippen molar-refractivity contribution in [2.45, 2.75) is 33.4 Å². The first-order chi connectivity index (χ1) is 12.2. The van der Waals surface area contributed by atoms with Crippen LogP contribution in [0.2, 0.25) is 5.02 Å². The molecule has 0 aromatic heterocycles. The Balaban J connectivity index is 2.26. The van der Waals surface area contributed by atoms with Crippen LogP contribution in [0, 0.1) is 0 Å². The minimum Gasteiger partial charge on any atom is -0.382 e. The molecule has 2 aromatic rings. The monoisotopic (exact) mass is 395 g/mol. The largest absolute Gasteiger partial charge is 0.382 e. The highest BCUT2D eigenvalue weighted by Gasteiger charge is 2.21. The smallest absolute Gasteiger partial charge is 0.308 e. The predicted molar refractivity (Wildman–Crippen MR) is 103 cm³/mol. The maximum absolute atomic E-state index is 12.9. The molecule has 0 unspecified atom stereocenters. The number of halogens is 1. The summed E-state index contributed by atoms with van der Waals surface area (Å²) in [6.07, 6.45) is 0. The second-order valence-electron chi connectivity index (χ2n) is 6.08. The zero-order chi connectivity index (χ0) is 19.3. The summed E-state index contributed by atoms with van der Waals surface area (Å²) < 4.78 is 28.3. The highest BCUT2D eigenvalue weighted by molar-refractivity contribution is 7.87. The summed E-state index contributed by atoms with van der Waals surface area (Å²) >= 11 is 6.15. The molecule has 2 aromatic carbocycles. The molecule has 0 saturated heterocycles. The van der Waals surface area contributed by atoms with Gasteiger partial charge in [-0.1, -0.05) is 35.9 Å². The highest BCUT2D eigenvalue weighted by Crippen LogP contribution is 2.22. The van der Waals surface area contributed by atoms with E-state index in [1.54, 1.807) is 47.4 Å². The summed E-state index contributed by atoms with van der Waals surface area (Å²) in [5, 5.41) is 0.397. The molecular weight excluding hydrogens is 374 g/mol. The van der Waals surface area contributed by atoms with E-state index in [1.165, 1.54) is 6.92 Å². The van der Waals surface area contributed by atoms with Crippen molar-refractivity contribution in [1.82, 2.24) is 4.90 Å². The van der Waals surface area contributed by atoms with Gasteiger partial charge in [-0.15, -0.1) is 0 Å². The van der Waals surface area contributed by atoms with Gasteiger partial charge in [-0.3, -0.25) is 4.79 Å². The van der Waals surface area contributed by atoms with Crippen molar-refractivity contribution in [2.24, 2.45) is 0 Å². The van der Waals surface area contributed by atoms with Crippen molar-refractivity contribution in [2.75, 3.05) is 5.75 Å². The second-order valence-corrected chi connectivity index (χ2v) is 8.35. The van der Waals surface area contributed by atoms with E-state index in [-0.39, 0.29) is 23.5 Å². The fraction of sp³-hybridized carbons (Fsp3) is 0.316. The molecule has 0 N–H and O–H groups in total. The maximum Gasteiger partial charge on any atom is 0.308 e. The van der Waals surface area contributed by atoms with E-state index in [1.807, 2.05) is 19.9 Å². The number of nitrogens with zero attached hydrogens (tertiary/aromatic N) is 1. The number of amides is 1. The van der Waals surface area contributed by atoms with Crippen LogP contribution in [0.25, 0.3) is 0 Å². The summed E-state index contributed by atoms with van der Waals surface area (Å²) in [5.74, 6) is -0.0586. The van der Waals surface area contributed by atoms with E-state index in [2.05, 4.69) is 0 Å². The van der Waals surface area contributed by atoms with E-state index >= 15 is 0 Å². The Kier molecular flexibility index (Phi) is 6.67. The van der Waals surface area contributed by atoms with Crippen LogP contribution in [0.3, 0.4) is 0 Å². The lowest BCUT2D eigenvalue weighted by Gasteiger charge is -2.27. The van der Waals surface area contributed by atoms with E-state index in [9.17, 15) is 13.2 Å². The summed E-state index contributed by atoms with van der Waals surface area (Å²) in [6.45, 7) is 5.65. The standard InChI is InChI=1S/C19H22ClNO4S/c1-4-26(23,24)25-16-9-7-8-15(12-16)13-21(14(2)3)19(22)17-10-5-6-11-18(17)20/h5-12,14H,4,13H2,1-3H3. The molecule has 0 radical (unpaired) electrons. The molecule has 0 atom stereocenters. The zero-order valence-electron chi connectivity index (χ0n) is 15.0. The van der Waals surface area contributed by atoms with Crippen LogP contribution in [-0.2, 0) is 16.7 Å². The van der Waals surface area contributed by atoms with Crippen LogP contribution in [-0.4, -0.2) is 31.0 Å². The lowest BCUT2D eigenvalue weighted by molar-refractivity contribution is 0.0690. The van der Waals surface area contributed by atoms with E-state index in [0.717, 1.165) is 5.56 Å². The Morgan fingerprint density at radius 1 is 1.15 bits per heavy atom. The number of hydrogen-bond acceptors (Lipinski definition) is 4. The van der Waals surface area contributed by atoms with Gasteiger partial charge in [0.05, 0.1) is 16.3 Å². The number of carbonyl (C=O) groups excluding carboxylic acids is 1. The van der Waals surface area contributed by atoms with Gasteiger partial charge in [0, 0.05) is 12.6 Å². The Morgan fingerprint density at radius 3 is 2.46 bits per heavy atom. The number of hydrogen-bond donors (Lipinski definition) is 0. The van der Waals surface area contributed by atoms with Gasteiger partial charge >= 0.3 is 10.1 Å². The third-order valence-corrected chi connectivity index (χ3v) is 5.30. The molecule has 0 saturated carbocycles. The lowest BCUT2D eigenvalue weighted by atomic mass is 10.1. The quantitative estimate of drug-likeness (QED) is 0.661. The number of carbonyl (C=O) groups is 1. The minimum atomic E-state index is -3.60. The van der Waals surface area contributed by atoms with Gasteiger partial charge in [-0.05, 0) is 50.6 Å². The van der Waals surface area contributed by atoms with Gasteiger partial charge in [0.15, 0.2) is 0 Å². The van der Waals surface area contributed by atoms with Gasteiger partial charge in [0.25, 0.3) is 5.91 Å². The molecule has 0 bridgehead atoms. The molecule has 0 aliphatic carbocycles. The van der Waals surface area contributed by atoms with Crippen molar-refractivity contribution in [3.63, 3.8) is 0 Å². The first-order valence-electron chi connectivity index (χ1n) is 8.30. The molecule has 0 aliphatic rings. The first kappa shape index (κ1) is 20.3. The average Bonchev–Trinajstić information content (AvgIpc) is 2.59. The predicted octanol–water partition coefficient (Wildman–Crippen LogP) is 4.12. The molecule has 26 heavy (non-hydrogen) atoms. The molecule has 1 amide bonds. The van der Waals surface area contributed by atoms with E-state index < -0.39 is 10.1 Å². The molecule has 0 aliphatic heterocycles. The van der Waals surface area contributed by atoms with Crippen LogP contribution in [0.1, 0.15) is 36.7 Å². The molecule has 0 heterocycles. The maximum atomic E-state index is 12.9. The lowest BCUT2D eigenvalue weighted by Crippen LogP contribution is -2.36. The molecule has 0 fully saturated rings. The molecule has 7 heteroatoms. The summed E-state index contributed by atoms with van der Waals surface area (Å²) in [5.41, 5.74) is 1.20. The van der Waals surface area contributed by atoms with E-state index in [4.69, 9.17) is 15.8 Å². The van der Waals surface area contributed by atoms with Crippen LogP contribution >= 0.6 is 11.6 Å². The Morgan fingerprint density at radius 2 is 1.85 bits per heavy atom. The van der Waals surface area contributed by atoms with E-state index in [0.29, 0.717) is 17.1 Å². The molecule has 2 rings (SSSR count). The molecule has 140 valence electrons. The summed E-state index contributed by atoms with van der Waals surface area (Å²) in [6, 6.07) is 13.6. The van der Waals surface area contributed by atoms with Gasteiger partial charge in [-0.2, -0.15) is 8.42 Å². The summed E-state index contributed by atoms with van der Waals surface area (Å²) in [4.78, 5) is 14.6. The SMILES string of the molecule is CCS(=O)(=O)Oc1cccc(CN(C(=O)c2ccccc2Cl)C(C)C)c1. The first-order valence-corrected chi connectivity index (χ1v) is 10.3. The van der Waals surface area contributed by atoms with Gasteiger partial charge in [0.1, 0.15) is 5.75 Å². The average molecular weight is 396 g/mol. The number of rotatable bonds is 7. The van der Waals surface area contributed by atoms with Crippen LogP contribution in [0.4, 0.5) is 0 Å². The highest BCUT2D eigenvalue weighted by atomic mass is 35.5. The van der Waals surface area contributed by atoms with Crippen molar-refractivity contribution >= 4 is 27.6 Å². The van der Waals surface area contributed by atoms with Crippen molar-refractivity contribution < 1.29 is 17.4 Å².